The molecule has 0 fully saturated rings. The SMILES string of the molecule is O=C(CNC(=O)NCc1ccc(F)cc1)Nc1cccc(C(=O)NCc2ccccn2)c1. The van der Waals surface area contributed by atoms with E-state index in [2.05, 4.69) is 26.3 Å². The van der Waals surface area contributed by atoms with Gasteiger partial charge in [-0.25, -0.2) is 9.18 Å². The molecule has 0 unspecified atom stereocenters. The molecule has 3 aromatic rings. The van der Waals surface area contributed by atoms with Crippen LogP contribution in [0, 0.1) is 5.82 Å². The number of pyridine rings is 1. The second-order valence-corrected chi connectivity index (χ2v) is 6.80. The quantitative estimate of drug-likeness (QED) is 0.436. The Hall–Kier alpha value is -4.27. The van der Waals surface area contributed by atoms with Gasteiger partial charge in [0.05, 0.1) is 18.8 Å². The van der Waals surface area contributed by atoms with E-state index in [1.165, 1.54) is 12.1 Å². The van der Waals surface area contributed by atoms with Gasteiger partial charge in [0, 0.05) is 24.0 Å². The number of carbonyl (C=O) groups excluding carboxylic acids is 3. The lowest BCUT2D eigenvalue weighted by atomic mass is 10.2. The molecule has 0 aliphatic rings. The maximum absolute atomic E-state index is 12.9. The van der Waals surface area contributed by atoms with Gasteiger partial charge in [0.15, 0.2) is 0 Å². The Bertz CT molecular complexity index is 1070. The largest absolute Gasteiger partial charge is 0.346 e. The van der Waals surface area contributed by atoms with Gasteiger partial charge in [0.1, 0.15) is 5.82 Å². The molecule has 0 aliphatic carbocycles. The number of carbonyl (C=O) groups is 3. The van der Waals surface area contributed by atoms with E-state index in [-0.39, 0.29) is 31.4 Å². The lowest BCUT2D eigenvalue weighted by molar-refractivity contribution is -0.115. The molecule has 0 bridgehead atoms. The summed E-state index contributed by atoms with van der Waals surface area (Å²) in [7, 11) is 0. The average Bonchev–Trinajstić information content (AvgIpc) is 2.81. The molecule has 0 spiro atoms. The van der Waals surface area contributed by atoms with Crippen LogP contribution in [-0.2, 0) is 17.9 Å². The van der Waals surface area contributed by atoms with Crippen LogP contribution in [0.3, 0.4) is 0 Å². The molecule has 0 radical (unpaired) electrons. The number of rotatable bonds is 8. The van der Waals surface area contributed by atoms with Crippen molar-refractivity contribution in [2.75, 3.05) is 11.9 Å². The minimum Gasteiger partial charge on any atom is -0.346 e. The van der Waals surface area contributed by atoms with Gasteiger partial charge < -0.3 is 21.3 Å². The van der Waals surface area contributed by atoms with E-state index in [1.54, 1.807) is 54.7 Å². The first-order valence-electron chi connectivity index (χ1n) is 9.84. The highest BCUT2D eigenvalue weighted by Crippen LogP contribution is 2.11. The summed E-state index contributed by atoms with van der Waals surface area (Å²) in [5, 5.41) is 10.4. The number of nitrogens with zero attached hydrogens (tertiary/aromatic N) is 1. The van der Waals surface area contributed by atoms with Gasteiger partial charge in [-0.2, -0.15) is 0 Å². The van der Waals surface area contributed by atoms with E-state index in [4.69, 9.17) is 0 Å². The van der Waals surface area contributed by atoms with E-state index in [9.17, 15) is 18.8 Å². The lowest BCUT2D eigenvalue weighted by Gasteiger charge is -2.10. The van der Waals surface area contributed by atoms with Gasteiger partial charge in [0.2, 0.25) is 5.91 Å². The van der Waals surface area contributed by atoms with E-state index in [1.807, 2.05) is 6.07 Å². The van der Waals surface area contributed by atoms with Crippen molar-refractivity contribution in [3.8, 4) is 0 Å². The molecule has 32 heavy (non-hydrogen) atoms. The number of amides is 4. The Labute approximate surface area is 184 Å². The van der Waals surface area contributed by atoms with Crippen LogP contribution in [0.4, 0.5) is 14.9 Å². The van der Waals surface area contributed by atoms with Crippen molar-refractivity contribution >= 4 is 23.5 Å². The molecule has 1 aromatic heterocycles. The monoisotopic (exact) mass is 435 g/mol. The summed E-state index contributed by atoms with van der Waals surface area (Å²) < 4.78 is 12.9. The van der Waals surface area contributed by atoms with E-state index in [0.717, 1.165) is 11.3 Å². The van der Waals surface area contributed by atoms with Gasteiger partial charge >= 0.3 is 6.03 Å². The van der Waals surface area contributed by atoms with Crippen LogP contribution in [0.5, 0.6) is 0 Å². The molecule has 164 valence electrons. The molecule has 0 atom stereocenters. The average molecular weight is 435 g/mol. The number of hydrogen-bond donors (Lipinski definition) is 4. The molecule has 4 N–H and O–H groups in total. The Kier molecular flexibility index (Phi) is 7.85. The number of anilines is 1. The van der Waals surface area contributed by atoms with Crippen LogP contribution in [0.25, 0.3) is 0 Å². The predicted octanol–water partition coefficient (Wildman–Crippen LogP) is 2.59. The van der Waals surface area contributed by atoms with Crippen molar-refractivity contribution in [1.29, 1.82) is 0 Å². The van der Waals surface area contributed by atoms with E-state index < -0.39 is 11.9 Å². The summed E-state index contributed by atoms with van der Waals surface area (Å²) in [6, 6.07) is 17.1. The Morgan fingerprint density at radius 3 is 2.41 bits per heavy atom. The minimum atomic E-state index is -0.535. The Balaban J connectivity index is 1.43. The summed E-state index contributed by atoms with van der Waals surface area (Å²) >= 11 is 0. The highest BCUT2D eigenvalue weighted by Gasteiger charge is 2.09. The maximum atomic E-state index is 12.9. The van der Waals surface area contributed by atoms with Crippen molar-refractivity contribution < 1.29 is 18.8 Å². The zero-order valence-corrected chi connectivity index (χ0v) is 17.1. The van der Waals surface area contributed by atoms with Crippen molar-refractivity contribution in [2.24, 2.45) is 0 Å². The zero-order valence-electron chi connectivity index (χ0n) is 17.1. The first-order chi connectivity index (χ1) is 15.5. The molecular formula is C23H22FN5O3. The van der Waals surface area contributed by atoms with E-state index in [0.29, 0.717) is 11.3 Å². The molecule has 4 amide bonds. The van der Waals surface area contributed by atoms with Crippen LogP contribution in [-0.4, -0.2) is 29.4 Å². The van der Waals surface area contributed by atoms with Gasteiger partial charge in [-0.1, -0.05) is 24.3 Å². The van der Waals surface area contributed by atoms with Crippen molar-refractivity contribution in [3.63, 3.8) is 0 Å². The highest BCUT2D eigenvalue weighted by atomic mass is 19.1. The highest BCUT2D eigenvalue weighted by molar-refractivity contribution is 5.98. The van der Waals surface area contributed by atoms with Crippen molar-refractivity contribution in [1.82, 2.24) is 20.9 Å². The van der Waals surface area contributed by atoms with Crippen LogP contribution in [0.2, 0.25) is 0 Å². The predicted molar refractivity (Wildman–Crippen MR) is 117 cm³/mol. The van der Waals surface area contributed by atoms with Gasteiger partial charge in [-0.15, -0.1) is 0 Å². The Morgan fingerprint density at radius 2 is 1.66 bits per heavy atom. The number of aromatic nitrogens is 1. The fourth-order valence-electron chi connectivity index (χ4n) is 2.73. The van der Waals surface area contributed by atoms with Crippen molar-refractivity contribution in [3.05, 3.63) is 95.6 Å². The topological polar surface area (TPSA) is 112 Å². The molecule has 1 heterocycles. The van der Waals surface area contributed by atoms with Gasteiger partial charge in [-0.3, -0.25) is 14.6 Å². The first kappa shape index (κ1) is 22.4. The summed E-state index contributed by atoms with van der Waals surface area (Å²) in [4.78, 5) is 40.4. The molecule has 0 aliphatic heterocycles. The standard InChI is InChI=1S/C23H22FN5O3/c24-18-9-7-16(8-10-18)13-27-23(32)28-15-21(30)29-19-6-3-4-17(12-19)22(31)26-14-20-5-1-2-11-25-20/h1-12H,13-15H2,(H,26,31)(H,29,30)(H2,27,28,32). The molecule has 8 nitrogen and oxygen atoms in total. The molecule has 0 saturated heterocycles. The molecule has 3 rings (SSSR count). The molecule has 9 heteroatoms. The first-order valence-corrected chi connectivity index (χ1v) is 9.84. The summed E-state index contributed by atoms with van der Waals surface area (Å²) in [5.74, 6) is -1.11. The van der Waals surface area contributed by atoms with Crippen LogP contribution in [0.1, 0.15) is 21.6 Å². The minimum absolute atomic E-state index is 0.198. The van der Waals surface area contributed by atoms with Crippen LogP contribution < -0.4 is 21.3 Å². The number of urea groups is 1. The molecular weight excluding hydrogens is 413 g/mol. The number of benzene rings is 2. The van der Waals surface area contributed by atoms with Gasteiger partial charge in [0.25, 0.3) is 5.91 Å². The fraction of sp³-hybridized carbons (Fsp3) is 0.130. The van der Waals surface area contributed by atoms with Crippen LogP contribution >= 0.6 is 0 Å². The number of hydrogen-bond acceptors (Lipinski definition) is 4. The molecule has 0 saturated carbocycles. The van der Waals surface area contributed by atoms with Crippen molar-refractivity contribution in [2.45, 2.75) is 13.1 Å². The van der Waals surface area contributed by atoms with Crippen LogP contribution in [0.15, 0.2) is 72.9 Å². The summed E-state index contributed by atoms with van der Waals surface area (Å²) in [5.41, 5.74) is 2.26. The van der Waals surface area contributed by atoms with Gasteiger partial charge in [-0.05, 0) is 48.0 Å². The summed E-state index contributed by atoms with van der Waals surface area (Å²) in [6.07, 6.45) is 1.65. The van der Waals surface area contributed by atoms with E-state index >= 15 is 0 Å². The zero-order chi connectivity index (χ0) is 22.8. The normalized spacial score (nSPS) is 10.2. The second-order valence-electron chi connectivity index (χ2n) is 6.80. The maximum Gasteiger partial charge on any atom is 0.315 e. The third-order valence-corrected chi connectivity index (χ3v) is 4.34. The Morgan fingerprint density at radius 1 is 0.844 bits per heavy atom. The number of halogens is 1. The smallest absolute Gasteiger partial charge is 0.315 e. The second kappa shape index (κ2) is 11.2. The fourth-order valence-corrected chi connectivity index (χ4v) is 2.73. The third-order valence-electron chi connectivity index (χ3n) is 4.34. The third kappa shape index (κ3) is 7.21. The number of nitrogens with one attached hydrogen (secondary N) is 4. The summed E-state index contributed by atoms with van der Waals surface area (Å²) in [6.45, 7) is 0.224. The lowest BCUT2D eigenvalue weighted by Crippen LogP contribution is -2.39. The molecule has 2 aromatic carbocycles.